The van der Waals surface area contributed by atoms with Gasteiger partial charge < -0.3 is 15.0 Å². The number of nitrogens with zero attached hydrogens (tertiary/aromatic N) is 2. The summed E-state index contributed by atoms with van der Waals surface area (Å²) in [6, 6.07) is 7.66. The fraction of sp³-hybridized carbons (Fsp3) is 0.375. The van der Waals surface area contributed by atoms with Crippen molar-refractivity contribution < 1.29 is 9.53 Å². The first-order valence-electron chi connectivity index (χ1n) is 7.05. The average molecular weight is 319 g/mol. The predicted molar refractivity (Wildman–Crippen MR) is 88.0 cm³/mol. The van der Waals surface area contributed by atoms with E-state index in [1.807, 2.05) is 43.7 Å². The third-order valence-corrected chi connectivity index (χ3v) is 3.94. The predicted octanol–water partition coefficient (Wildman–Crippen LogP) is 2.07. The molecule has 6 heteroatoms. The quantitative estimate of drug-likeness (QED) is 0.849. The van der Waals surface area contributed by atoms with Crippen LogP contribution >= 0.6 is 11.3 Å². The molecule has 0 saturated carbocycles. The minimum Gasteiger partial charge on any atom is -0.496 e. The van der Waals surface area contributed by atoms with Gasteiger partial charge in [-0.15, -0.1) is 11.3 Å². The smallest absolute Gasteiger partial charge is 0.226 e. The van der Waals surface area contributed by atoms with E-state index in [0.717, 1.165) is 28.6 Å². The van der Waals surface area contributed by atoms with Crippen molar-refractivity contribution in [3.8, 4) is 5.75 Å². The van der Waals surface area contributed by atoms with Crippen LogP contribution < -0.4 is 10.1 Å². The number of hydrogen-bond donors (Lipinski definition) is 1. The molecule has 1 heterocycles. The van der Waals surface area contributed by atoms with E-state index in [1.54, 1.807) is 18.4 Å². The molecule has 118 valence electrons. The summed E-state index contributed by atoms with van der Waals surface area (Å²) in [6.07, 6.45) is 0.305. The first-order valence-corrected chi connectivity index (χ1v) is 7.93. The van der Waals surface area contributed by atoms with Crippen molar-refractivity contribution in [1.29, 1.82) is 0 Å². The van der Waals surface area contributed by atoms with Crippen LogP contribution in [0.5, 0.6) is 5.75 Å². The fourth-order valence-electron chi connectivity index (χ4n) is 2.04. The number of benzene rings is 1. The molecule has 0 unspecified atom stereocenters. The fourth-order valence-corrected chi connectivity index (χ4v) is 2.95. The van der Waals surface area contributed by atoms with E-state index >= 15 is 0 Å². The molecule has 1 aromatic heterocycles. The molecule has 2 rings (SSSR count). The SMILES string of the molecule is COc1ccccc1CNC(=O)Cc1csc(CN(C)C)n1. The van der Waals surface area contributed by atoms with Gasteiger partial charge in [-0.05, 0) is 20.2 Å². The van der Waals surface area contributed by atoms with Crippen molar-refractivity contribution >= 4 is 17.2 Å². The third-order valence-electron chi connectivity index (χ3n) is 3.06. The van der Waals surface area contributed by atoms with Gasteiger partial charge in [-0.2, -0.15) is 0 Å². The van der Waals surface area contributed by atoms with Crippen molar-refractivity contribution in [2.24, 2.45) is 0 Å². The minimum absolute atomic E-state index is 0.0346. The molecule has 5 nitrogen and oxygen atoms in total. The van der Waals surface area contributed by atoms with E-state index in [0.29, 0.717) is 13.0 Å². The molecular weight excluding hydrogens is 298 g/mol. The lowest BCUT2D eigenvalue weighted by molar-refractivity contribution is -0.120. The number of amides is 1. The number of carbonyl (C=O) groups excluding carboxylic acids is 1. The van der Waals surface area contributed by atoms with Crippen molar-refractivity contribution in [2.75, 3.05) is 21.2 Å². The standard InChI is InChI=1S/C16H21N3O2S/c1-19(2)10-16-18-13(11-22-16)8-15(20)17-9-12-6-4-5-7-14(12)21-3/h4-7,11H,8-10H2,1-3H3,(H,17,20). The zero-order valence-corrected chi connectivity index (χ0v) is 13.9. The lowest BCUT2D eigenvalue weighted by Gasteiger charge is -2.09. The Bertz CT molecular complexity index is 625. The normalized spacial score (nSPS) is 10.7. The Morgan fingerprint density at radius 2 is 2.14 bits per heavy atom. The lowest BCUT2D eigenvalue weighted by atomic mass is 10.2. The second kappa shape index (κ2) is 7.91. The Balaban J connectivity index is 1.86. The number of methoxy groups -OCH3 is 1. The van der Waals surface area contributed by atoms with E-state index in [1.165, 1.54) is 0 Å². The molecule has 1 aromatic carbocycles. The van der Waals surface area contributed by atoms with Crippen LogP contribution in [0.1, 0.15) is 16.3 Å². The lowest BCUT2D eigenvalue weighted by Crippen LogP contribution is -2.25. The maximum absolute atomic E-state index is 12.0. The van der Waals surface area contributed by atoms with Gasteiger partial charge in [-0.25, -0.2) is 4.98 Å². The summed E-state index contributed by atoms with van der Waals surface area (Å²) in [6.45, 7) is 1.25. The molecule has 0 bridgehead atoms. The molecule has 0 aliphatic carbocycles. The van der Waals surface area contributed by atoms with Crippen molar-refractivity contribution in [1.82, 2.24) is 15.2 Å². The topological polar surface area (TPSA) is 54.5 Å². The van der Waals surface area contributed by atoms with E-state index in [9.17, 15) is 4.79 Å². The van der Waals surface area contributed by atoms with E-state index in [-0.39, 0.29) is 5.91 Å². The van der Waals surface area contributed by atoms with Crippen molar-refractivity contribution in [3.63, 3.8) is 0 Å². The Morgan fingerprint density at radius 1 is 1.36 bits per heavy atom. The van der Waals surface area contributed by atoms with Crippen LogP contribution in [0.3, 0.4) is 0 Å². The molecular formula is C16H21N3O2S. The highest BCUT2D eigenvalue weighted by molar-refractivity contribution is 7.09. The summed E-state index contributed by atoms with van der Waals surface area (Å²) in [7, 11) is 5.63. The third kappa shape index (κ3) is 4.82. The molecule has 22 heavy (non-hydrogen) atoms. The summed E-state index contributed by atoms with van der Waals surface area (Å²) in [5, 5.41) is 5.88. The summed E-state index contributed by atoms with van der Waals surface area (Å²) in [4.78, 5) is 18.5. The van der Waals surface area contributed by atoms with Gasteiger partial charge in [0, 0.05) is 24.0 Å². The molecule has 0 aliphatic heterocycles. The highest BCUT2D eigenvalue weighted by Gasteiger charge is 2.09. The Hall–Kier alpha value is -1.92. The largest absolute Gasteiger partial charge is 0.496 e. The molecule has 2 aromatic rings. The Morgan fingerprint density at radius 3 is 2.86 bits per heavy atom. The zero-order chi connectivity index (χ0) is 15.9. The second-order valence-corrected chi connectivity index (χ2v) is 6.18. The number of ether oxygens (including phenoxy) is 1. The van der Waals surface area contributed by atoms with Crippen LogP contribution in [0, 0.1) is 0 Å². The first kappa shape index (κ1) is 16.5. The molecule has 1 N–H and O–H groups in total. The monoisotopic (exact) mass is 319 g/mol. The molecule has 0 fully saturated rings. The van der Waals surface area contributed by atoms with Gasteiger partial charge in [0.2, 0.25) is 5.91 Å². The summed E-state index contributed by atoms with van der Waals surface area (Å²) >= 11 is 1.59. The summed E-state index contributed by atoms with van der Waals surface area (Å²) < 4.78 is 5.27. The Labute approximate surface area is 134 Å². The molecule has 0 saturated heterocycles. The molecule has 0 atom stereocenters. The highest BCUT2D eigenvalue weighted by Crippen LogP contribution is 2.17. The summed E-state index contributed by atoms with van der Waals surface area (Å²) in [5.41, 5.74) is 1.78. The maximum Gasteiger partial charge on any atom is 0.226 e. The van der Waals surface area contributed by atoms with Crippen LogP contribution in [0.2, 0.25) is 0 Å². The number of para-hydroxylation sites is 1. The number of nitrogens with one attached hydrogen (secondary N) is 1. The molecule has 1 amide bonds. The minimum atomic E-state index is -0.0346. The first-order chi connectivity index (χ1) is 10.6. The molecule has 0 aliphatic rings. The number of carbonyl (C=O) groups is 1. The van der Waals surface area contributed by atoms with Crippen LogP contribution in [0.25, 0.3) is 0 Å². The number of hydrogen-bond acceptors (Lipinski definition) is 5. The molecule has 0 spiro atoms. The van der Waals surface area contributed by atoms with E-state index < -0.39 is 0 Å². The second-order valence-electron chi connectivity index (χ2n) is 5.24. The van der Waals surface area contributed by atoms with Crippen LogP contribution in [-0.4, -0.2) is 37.0 Å². The number of thiazole rings is 1. The van der Waals surface area contributed by atoms with Crippen LogP contribution in [0.4, 0.5) is 0 Å². The highest BCUT2D eigenvalue weighted by atomic mass is 32.1. The van der Waals surface area contributed by atoms with Crippen molar-refractivity contribution in [2.45, 2.75) is 19.5 Å². The Kier molecular flexibility index (Phi) is 5.91. The zero-order valence-electron chi connectivity index (χ0n) is 13.1. The van der Waals surface area contributed by atoms with Crippen LogP contribution in [0.15, 0.2) is 29.6 Å². The maximum atomic E-state index is 12.0. The van der Waals surface area contributed by atoms with Gasteiger partial charge in [0.1, 0.15) is 10.8 Å². The van der Waals surface area contributed by atoms with Gasteiger partial charge in [-0.3, -0.25) is 4.79 Å². The van der Waals surface area contributed by atoms with Crippen LogP contribution in [-0.2, 0) is 24.3 Å². The van der Waals surface area contributed by atoms with Gasteiger partial charge in [0.05, 0.1) is 19.2 Å². The van der Waals surface area contributed by atoms with Crippen molar-refractivity contribution in [3.05, 3.63) is 45.9 Å². The van der Waals surface area contributed by atoms with Gasteiger partial charge >= 0.3 is 0 Å². The van der Waals surface area contributed by atoms with Gasteiger partial charge in [0.25, 0.3) is 0 Å². The average Bonchev–Trinajstić information content (AvgIpc) is 2.91. The van der Waals surface area contributed by atoms with E-state index in [2.05, 4.69) is 15.2 Å². The van der Waals surface area contributed by atoms with Gasteiger partial charge in [-0.1, -0.05) is 18.2 Å². The number of rotatable bonds is 7. The van der Waals surface area contributed by atoms with Gasteiger partial charge in [0.15, 0.2) is 0 Å². The molecule has 0 radical (unpaired) electrons. The number of aromatic nitrogens is 1. The van der Waals surface area contributed by atoms with E-state index in [4.69, 9.17) is 4.74 Å². The summed E-state index contributed by atoms with van der Waals surface area (Å²) in [5.74, 6) is 0.748.